The maximum atomic E-state index is 12.9. The van der Waals surface area contributed by atoms with Gasteiger partial charge in [0.15, 0.2) is 0 Å². The van der Waals surface area contributed by atoms with Crippen LogP contribution in [-0.4, -0.2) is 30.9 Å². The summed E-state index contributed by atoms with van der Waals surface area (Å²) in [7, 11) is 0. The van der Waals surface area contributed by atoms with Gasteiger partial charge in [-0.3, -0.25) is 9.59 Å². The Morgan fingerprint density at radius 3 is 2.42 bits per heavy atom. The highest BCUT2D eigenvalue weighted by Gasteiger charge is 2.31. The molecule has 31 heavy (non-hydrogen) atoms. The highest BCUT2D eigenvalue weighted by Crippen LogP contribution is 2.30. The molecule has 0 radical (unpaired) electrons. The number of carbonyl (C=O) groups excluding carboxylic acids is 2. The van der Waals surface area contributed by atoms with Crippen LogP contribution in [0.2, 0.25) is 0 Å². The van der Waals surface area contributed by atoms with Crippen molar-refractivity contribution in [1.29, 1.82) is 0 Å². The van der Waals surface area contributed by atoms with E-state index in [0.717, 1.165) is 50.2 Å². The highest BCUT2D eigenvalue weighted by atomic mass is 19.4. The van der Waals surface area contributed by atoms with Crippen LogP contribution < -0.4 is 15.5 Å². The zero-order valence-electron chi connectivity index (χ0n) is 17.6. The molecule has 0 aromatic heterocycles. The molecule has 1 unspecified atom stereocenters. The van der Waals surface area contributed by atoms with Gasteiger partial charge in [-0.25, -0.2) is 0 Å². The van der Waals surface area contributed by atoms with E-state index in [1.807, 2.05) is 13.8 Å². The summed E-state index contributed by atoms with van der Waals surface area (Å²) < 4.78 is 38.8. The molecule has 0 aliphatic carbocycles. The minimum Gasteiger partial charge on any atom is -0.371 e. The second-order valence-corrected chi connectivity index (χ2v) is 7.74. The van der Waals surface area contributed by atoms with Crippen molar-refractivity contribution in [3.63, 3.8) is 0 Å². The lowest BCUT2D eigenvalue weighted by atomic mass is 10.1. The van der Waals surface area contributed by atoms with Gasteiger partial charge < -0.3 is 15.5 Å². The molecule has 0 bridgehead atoms. The summed E-state index contributed by atoms with van der Waals surface area (Å²) in [6.07, 6.45) is -1.67. The van der Waals surface area contributed by atoms with Crippen molar-refractivity contribution in [3.05, 3.63) is 59.2 Å². The minimum atomic E-state index is -4.53. The molecule has 2 aromatic rings. The molecular formula is C23H26F3N3O2. The summed E-state index contributed by atoms with van der Waals surface area (Å²) >= 11 is 0. The van der Waals surface area contributed by atoms with Crippen molar-refractivity contribution in [2.45, 2.75) is 45.3 Å². The van der Waals surface area contributed by atoms with Crippen molar-refractivity contribution >= 4 is 23.2 Å². The first kappa shape index (κ1) is 22.7. The summed E-state index contributed by atoms with van der Waals surface area (Å²) in [6, 6.07) is 9.25. The zero-order valence-corrected chi connectivity index (χ0v) is 17.6. The predicted octanol–water partition coefficient (Wildman–Crippen LogP) is 5.09. The van der Waals surface area contributed by atoms with Crippen LogP contribution in [0.4, 0.5) is 24.5 Å². The first-order chi connectivity index (χ1) is 14.7. The predicted molar refractivity (Wildman–Crippen MR) is 115 cm³/mol. The van der Waals surface area contributed by atoms with Crippen LogP contribution in [-0.2, 0) is 6.18 Å². The van der Waals surface area contributed by atoms with Crippen LogP contribution in [0, 0.1) is 0 Å². The molecule has 0 spiro atoms. The molecule has 166 valence electrons. The number of carbonyl (C=O) groups is 2. The number of nitrogens with one attached hydrogen (secondary N) is 2. The number of hydrogen-bond acceptors (Lipinski definition) is 3. The topological polar surface area (TPSA) is 61.4 Å². The number of amides is 2. The van der Waals surface area contributed by atoms with Crippen LogP contribution in [0.25, 0.3) is 0 Å². The monoisotopic (exact) mass is 433 g/mol. The lowest BCUT2D eigenvalue weighted by Gasteiger charge is -2.23. The summed E-state index contributed by atoms with van der Waals surface area (Å²) in [5.41, 5.74) is 0.571. The van der Waals surface area contributed by atoms with E-state index in [2.05, 4.69) is 15.5 Å². The second-order valence-electron chi connectivity index (χ2n) is 7.74. The third kappa shape index (κ3) is 5.57. The molecule has 8 heteroatoms. The van der Waals surface area contributed by atoms with Gasteiger partial charge in [-0.1, -0.05) is 13.0 Å². The zero-order chi connectivity index (χ0) is 22.6. The van der Waals surface area contributed by atoms with E-state index < -0.39 is 17.6 Å². The Bertz CT molecular complexity index is 953. The molecule has 2 aromatic carbocycles. The third-order valence-corrected chi connectivity index (χ3v) is 5.39. The van der Waals surface area contributed by atoms with Crippen molar-refractivity contribution in [2.24, 2.45) is 0 Å². The molecule has 2 amide bonds. The Labute approximate surface area is 179 Å². The first-order valence-corrected chi connectivity index (χ1v) is 10.4. The average Bonchev–Trinajstić information content (AvgIpc) is 3.27. The molecule has 1 fully saturated rings. The van der Waals surface area contributed by atoms with Crippen molar-refractivity contribution in [3.8, 4) is 0 Å². The summed E-state index contributed by atoms with van der Waals surface area (Å²) in [6.45, 7) is 5.57. The van der Waals surface area contributed by atoms with E-state index in [1.165, 1.54) is 12.1 Å². The lowest BCUT2D eigenvalue weighted by molar-refractivity contribution is -0.137. The van der Waals surface area contributed by atoms with Gasteiger partial charge in [-0.2, -0.15) is 13.2 Å². The molecule has 3 rings (SSSR count). The number of hydrogen-bond donors (Lipinski definition) is 2. The number of anilines is 2. The average molecular weight is 433 g/mol. The quantitative estimate of drug-likeness (QED) is 0.667. The molecular weight excluding hydrogens is 407 g/mol. The van der Waals surface area contributed by atoms with Gasteiger partial charge in [-0.15, -0.1) is 0 Å². The fourth-order valence-electron chi connectivity index (χ4n) is 3.47. The molecule has 1 atom stereocenters. The van der Waals surface area contributed by atoms with Crippen molar-refractivity contribution in [1.82, 2.24) is 5.32 Å². The molecule has 5 nitrogen and oxygen atoms in total. The standard InChI is InChI=1S/C23H26F3N3O2/c1-3-15(2)27-22(31)19-14-18(9-10-20(19)29-11-4-5-12-29)28-21(30)16-7-6-8-17(13-16)23(24,25)26/h6-10,13-15H,3-5,11-12H2,1-2H3,(H,27,31)(H,28,30). The molecule has 2 N–H and O–H groups in total. The van der Waals surface area contributed by atoms with Gasteiger partial charge in [-0.05, 0) is 62.6 Å². The molecule has 1 heterocycles. The van der Waals surface area contributed by atoms with Crippen molar-refractivity contribution < 1.29 is 22.8 Å². The fraction of sp³-hybridized carbons (Fsp3) is 0.391. The molecule has 1 saturated heterocycles. The maximum absolute atomic E-state index is 12.9. The summed E-state index contributed by atoms with van der Waals surface area (Å²) in [5.74, 6) is -0.917. The minimum absolute atomic E-state index is 0.0118. The summed E-state index contributed by atoms with van der Waals surface area (Å²) in [5, 5.41) is 5.56. The number of benzene rings is 2. The second kappa shape index (κ2) is 9.41. The lowest BCUT2D eigenvalue weighted by Crippen LogP contribution is -2.33. The van der Waals surface area contributed by atoms with E-state index in [1.54, 1.807) is 18.2 Å². The number of alkyl halides is 3. The Morgan fingerprint density at radius 2 is 1.77 bits per heavy atom. The highest BCUT2D eigenvalue weighted by molar-refractivity contribution is 6.06. The van der Waals surface area contributed by atoms with Crippen molar-refractivity contribution in [2.75, 3.05) is 23.3 Å². The van der Waals surface area contributed by atoms with E-state index >= 15 is 0 Å². The van der Waals surface area contributed by atoms with E-state index in [4.69, 9.17) is 0 Å². The Kier molecular flexibility index (Phi) is 6.87. The normalized spacial score (nSPS) is 14.9. The van der Waals surface area contributed by atoms with Gasteiger partial charge >= 0.3 is 6.18 Å². The molecule has 0 saturated carbocycles. The van der Waals surface area contributed by atoms with E-state index in [0.29, 0.717) is 11.3 Å². The first-order valence-electron chi connectivity index (χ1n) is 10.4. The number of halogens is 3. The van der Waals surface area contributed by atoms with Crippen LogP contribution in [0.15, 0.2) is 42.5 Å². The SMILES string of the molecule is CCC(C)NC(=O)c1cc(NC(=O)c2cccc(C(F)(F)F)c2)ccc1N1CCCC1. The third-order valence-electron chi connectivity index (χ3n) is 5.39. The number of nitrogens with zero attached hydrogens (tertiary/aromatic N) is 1. The van der Waals surface area contributed by atoms with E-state index in [-0.39, 0.29) is 17.5 Å². The van der Waals surface area contributed by atoms with Gasteiger partial charge in [0.05, 0.1) is 11.1 Å². The van der Waals surface area contributed by atoms with Gasteiger partial charge in [0.2, 0.25) is 0 Å². The molecule has 1 aliphatic heterocycles. The van der Waals surface area contributed by atoms with Crippen LogP contribution in [0.5, 0.6) is 0 Å². The van der Waals surface area contributed by atoms with Crippen LogP contribution >= 0.6 is 0 Å². The number of rotatable bonds is 6. The van der Waals surface area contributed by atoms with Gasteiger partial charge in [0.25, 0.3) is 11.8 Å². The van der Waals surface area contributed by atoms with Gasteiger partial charge in [0, 0.05) is 36.1 Å². The van der Waals surface area contributed by atoms with Gasteiger partial charge in [0.1, 0.15) is 0 Å². The Balaban J connectivity index is 1.87. The van der Waals surface area contributed by atoms with Crippen LogP contribution in [0.1, 0.15) is 59.4 Å². The largest absolute Gasteiger partial charge is 0.416 e. The smallest absolute Gasteiger partial charge is 0.371 e. The maximum Gasteiger partial charge on any atom is 0.416 e. The van der Waals surface area contributed by atoms with E-state index in [9.17, 15) is 22.8 Å². The molecule has 1 aliphatic rings. The Morgan fingerprint density at radius 1 is 1.06 bits per heavy atom. The summed E-state index contributed by atoms with van der Waals surface area (Å²) in [4.78, 5) is 27.6. The Hall–Kier alpha value is -3.03. The fourth-order valence-corrected chi connectivity index (χ4v) is 3.47. The van der Waals surface area contributed by atoms with Crippen LogP contribution in [0.3, 0.4) is 0 Å².